The molecule has 0 aliphatic rings. The Labute approximate surface area is 114 Å². The van der Waals surface area contributed by atoms with Gasteiger partial charge in [-0.1, -0.05) is 18.2 Å². The van der Waals surface area contributed by atoms with E-state index < -0.39 is 0 Å². The van der Waals surface area contributed by atoms with Gasteiger partial charge in [0.25, 0.3) is 0 Å². The number of aromatic nitrogens is 2. The molecular formula is C15H21N3O. The van der Waals surface area contributed by atoms with Crippen molar-refractivity contribution in [3.8, 4) is 5.75 Å². The van der Waals surface area contributed by atoms with Crippen molar-refractivity contribution in [1.29, 1.82) is 0 Å². The number of hydrogen-bond donors (Lipinski definition) is 1. The number of benzene rings is 1. The van der Waals surface area contributed by atoms with Crippen molar-refractivity contribution in [1.82, 2.24) is 15.1 Å². The summed E-state index contributed by atoms with van der Waals surface area (Å²) in [5, 5.41) is 7.67. The maximum absolute atomic E-state index is 5.43. The highest BCUT2D eigenvalue weighted by molar-refractivity contribution is 5.43. The zero-order chi connectivity index (χ0) is 14.0. The first-order valence-electron chi connectivity index (χ1n) is 6.39. The van der Waals surface area contributed by atoms with Gasteiger partial charge < -0.3 is 10.1 Å². The summed E-state index contributed by atoms with van der Waals surface area (Å²) < 4.78 is 7.29. The molecule has 1 atom stereocenters. The van der Waals surface area contributed by atoms with Gasteiger partial charge in [-0.05, 0) is 37.6 Å². The van der Waals surface area contributed by atoms with E-state index in [9.17, 15) is 0 Å². The van der Waals surface area contributed by atoms with Gasteiger partial charge in [0.15, 0.2) is 5.75 Å². The van der Waals surface area contributed by atoms with Gasteiger partial charge in [0.05, 0.1) is 19.3 Å². The number of hydrogen-bond acceptors (Lipinski definition) is 3. The van der Waals surface area contributed by atoms with Crippen LogP contribution in [0.5, 0.6) is 5.75 Å². The molecule has 0 saturated carbocycles. The molecule has 1 N–H and O–H groups in total. The van der Waals surface area contributed by atoms with Crippen molar-refractivity contribution < 1.29 is 4.74 Å². The zero-order valence-electron chi connectivity index (χ0n) is 12.2. The van der Waals surface area contributed by atoms with E-state index in [0.717, 1.165) is 11.4 Å². The van der Waals surface area contributed by atoms with E-state index in [4.69, 9.17) is 4.74 Å². The molecule has 102 valence electrons. The quantitative estimate of drug-likeness (QED) is 0.916. The summed E-state index contributed by atoms with van der Waals surface area (Å²) in [5.74, 6) is 0.810. The third-order valence-electron chi connectivity index (χ3n) is 3.56. The first-order valence-corrected chi connectivity index (χ1v) is 6.39. The molecule has 1 unspecified atom stereocenters. The third kappa shape index (κ3) is 2.36. The largest absolute Gasteiger partial charge is 0.493 e. The summed E-state index contributed by atoms with van der Waals surface area (Å²) in [6, 6.07) is 6.43. The number of nitrogens with one attached hydrogen (secondary N) is 1. The minimum atomic E-state index is 0.0728. The maximum atomic E-state index is 5.43. The van der Waals surface area contributed by atoms with Crippen LogP contribution in [0.15, 0.2) is 24.4 Å². The minimum Gasteiger partial charge on any atom is -0.493 e. The van der Waals surface area contributed by atoms with Crippen LogP contribution >= 0.6 is 0 Å². The Morgan fingerprint density at radius 3 is 2.42 bits per heavy atom. The van der Waals surface area contributed by atoms with Crippen molar-refractivity contribution in [3.63, 3.8) is 0 Å². The molecule has 1 heterocycles. The predicted octanol–water partition coefficient (Wildman–Crippen LogP) is 2.35. The fourth-order valence-electron chi connectivity index (χ4n) is 2.61. The number of aryl methyl sites for hydroxylation is 3. The normalized spacial score (nSPS) is 12.5. The maximum Gasteiger partial charge on any atom is 0.161 e. The Hall–Kier alpha value is -1.81. The van der Waals surface area contributed by atoms with Gasteiger partial charge in [0, 0.05) is 7.05 Å². The second kappa shape index (κ2) is 5.45. The molecule has 1 aromatic carbocycles. The van der Waals surface area contributed by atoms with Gasteiger partial charge in [-0.15, -0.1) is 0 Å². The van der Waals surface area contributed by atoms with Crippen molar-refractivity contribution in [2.24, 2.45) is 7.05 Å². The molecule has 0 aliphatic carbocycles. The molecule has 0 fully saturated rings. The summed E-state index contributed by atoms with van der Waals surface area (Å²) in [6.45, 7) is 4.27. The van der Waals surface area contributed by atoms with Crippen LogP contribution in [-0.4, -0.2) is 23.9 Å². The molecular weight excluding hydrogens is 238 g/mol. The van der Waals surface area contributed by atoms with E-state index >= 15 is 0 Å². The van der Waals surface area contributed by atoms with Crippen LogP contribution in [-0.2, 0) is 7.05 Å². The summed E-state index contributed by atoms with van der Waals surface area (Å²) >= 11 is 0. The molecule has 1 aromatic heterocycles. The molecule has 2 aromatic rings. The molecule has 0 spiro atoms. The Bertz CT molecular complexity index is 555. The van der Waals surface area contributed by atoms with Crippen LogP contribution in [0.3, 0.4) is 0 Å². The second-order valence-electron chi connectivity index (χ2n) is 4.75. The summed E-state index contributed by atoms with van der Waals surface area (Å²) in [6.07, 6.45) is 1.76. The van der Waals surface area contributed by atoms with Crippen molar-refractivity contribution in [2.45, 2.75) is 19.9 Å². The van der Waals surface area contributed by atoms with E-state index in [1.807, 2.05) is 18.8 Å². The monoisotopic (exact) mass is 259 g/mol. The molecule has 0 amide bonds. The van der Waals surface area contributed by atoms with Crippen LogP contribution in [0.25, 0.3) is 0 Å². The minimum absolute atomic E-state index is 0.0728. The molecule has 0 aliphatic heterocycles. The third-order valence-corrected chi connectivity index (χ3v) is 3.56. The van der Waals surface area contributed by atoms with Gasteiger partial charge in [0.2, 0.25) is 0 Å². The van der Waals surface area contributed by atoms with Gasteiger partial charge >= 0.3 is 0 Å². The highest BCUT2D eigenvalue weighted by atomic mass is 16.5. The topological polar surface area (TPSA) is 39.1 Å². The van der Waals surface area contributed by atoms with E-state index in [1.165, 1.54) is 16.7 Å². The number of rotatable bonds is 4. The lowest BCUT2D eigenvalue weighted by Gasteiger charge is -2.22. The van der Waals surface area contributed by atoms with Crippen LogP contribution in [0, 0.1) is 13.8 Å². The molecule has 0 bridgehead atoms. The highest BCUT2D eigenvalue weighted by Gasteiger charge is 2.23. The average molecular weight is 259 g/mol. The van der Waals surface area contributed by atoms with Gasteiger partial charge in [-0.2, -0.15) is 5.10 Å². The molecule has 0 radical (unpaired) electrons. The smallest absolute Gasteiger partial charge is 0.161 e. The standard InChI is InChI=1S/C15H21N3O/c1-10-7-6-8-11(2)13(10)14(16-3)15-12(19-5)9-17-18(15)4/h6-9,14,16H,1-5H3. The number of methoxy groups -OCH3 is 1. The SMILES string of the molecule is CNC(c1c(C)cccc1C)c1c(OC)cnn1C. The van der Waals surface area contributed by atoms with Crippen LogP contribution in [0.1, 0.15) is 28.4 Å². The van der Waals surface area contributed by atoms with Crippen LogP contribution in [0.2, 0.25) is 0 Å². The summed E-state index contributed by atoms with van der Waals surface area (Å²) in [4.78, 5) is 0. The van der Waals surface area contributed by atoms with Crippen molar-refractivity contribution in [3.05, 3.63) is 46.8 Å². The van der Waals surface area contributed by atoms with Crippen LogP contribution < -0.4 is 10.1 Å². The molecule has 0 saturated heterocycles. The van der Waals surface area contributed by atoms with Gasteiger partial charge in [0.1, 0.15) is 5.69 Å². The molecule has 4 heteroatoms. The molecule has 2 rings (SSSR count). The first kappa shape index (κ1) is 13.6. The summed E-state index contributed by atoms with van der Waals surface area (Å²) in [5.41, 5.74) is 4.86. The fraction of sp³-hybridized carbons (Fsp3) is 0.400. The van der Waals surface area contributed by atoms with E-state index in [-0.39, 0.29) is 6.04 Å². The highest BCUT2D eigenvalue weighted by Crippen LogP contribution is 2.32. The van der Waals surface area contributed by atoms with Gasteiger partial charge in [-0.3, -0.25) is 4.68 Å². The summed E-state index contributed by atoms with van der Waals surface area (Å²) in [7, 11) is 5.58. The Morgan fingerprint density at radius 1 is 1.26 bits per heavy atom. The fourth-order valence-corrected chi connectivity index (χ4v) is 2.61. The second-order valence-corrected chi connectivity index (χ2v) is 4.75. The molecule has 4 nitrogen and oxygen atoms in total. The Balaban J connectivity index is 2.59. The number of nitrogens with zero attached hydrogens (tertiary/aromatic N) is 2. The Morgan fingerprint density at radius 2 is 1.89 bits per heavy atom. The van der Waals surface area contributed by atoms with Crippen molar-refractivity contribution in [2.75, 3.05) is 14.2 Å². The van der Waals surface area contributed by atoms with E-state index in [0.29, 0.717) is 0 Å². The van der Waals surface area contributed by atoms with E-state index in [2.05, 4.69) is 42.5 Å². The van der Waals surface area contributed by atoms with Crippen molar-refractivity contribution >= 4 is 0 Å². The zero-order valence-corrected chi connectivity index (χ0v) is 12.2. The number of ether oxygens (including phenoxy) is 1. The van der Waals surface area contributed by atoms with E-state index in [1.54, 1.807) is 13.3 Å². The predicted molar refractivity (Wildman–Crippen MR) is 76.6 cm³/mol. The lowest BCUT2D eigenvalue weighted by atomic mass is 9.94. The average Bonchev–Trinajstić information content (AvgIpc) is 2.75. The lowest BCUT2D eigenvalue weighted by molar-refractivity contribution is 0.402. The Kier molecular flexibility index (Phi) is 3.90. The van der Waals surface area contributed by atoms with Gasteiger partial charge in [-0.25, -0.2) is 0 Å². The first-order chi connectivity index (χ1) is 9.10. The molecule has 19 heavy (non-hydrogen) atoms. The lowest BCUT2D eigenvalue weighted by Crippen LogP contribution is -2.23. The van der Waals surface area contributed by atoms with Crippen LogP contribution in [0.4, 0.5) is 0 Å².